The van der Waals surface area contributed by atoms with Gasteiger partial charge < -0.3 is 14.2 Å². The molecule has 4 nitrogen and oxygen atoms in total. The largest absolute Gasteiger partial charge is 0.490 e. The van der Waals surface area contributed by atoms with Gasteiger partial charge >= 0.3 is 5.97 Å². The fraction of sp³-hybridized carbons (Fsp3) is 0.406. The lowest BCUT2D eigenvalue weighted by Crippen LogP contribution is -2.33. The van der Waals surface area contributed by atoms with Crippen LogP contribution in [0.15, 0.2) is 48.5 Å². The van der Waals surface area contributed by atoms with Gasteiger partial charge in [-0.3, -0.25) is 4.79 Å². The lowest BCUT2D eigenvalue weighted by Gasteiger charge is -2.27. The molecule has 40 heavy (non-hydrogen) atoms. The van der Waals surface area contributed by atoms with Crippen LogP contribution in [0.5, 0.6) is 11.5 Å². The summed E-state index contributed by atoms with van der Waals surface area (Å²) in [5.74, 6) is -6.43. The molecule has 1 fully saturated rings. The van der Waals surface area contributed by atoms with Gasteiger partial charge in [0.2, 0.25) is 11.6 Å². The van der Waals surface area contributed by atoms with Crippen LogP contribution in [0.25, 0.3) is 22.3 Å². The maximum atomic E-state index is 15.0. The average molecular weight is 559 g/mol. The van der Waals surface area contributed by atoms with Gasteiger partial charge in [0.25, 0.3) is 0 Å². The molecule has 0 radical (unpaired) electrons. The molecule has 1 saturated heterocycles. The Bertz CT molecular complexity index is 1300. The van der Waals surface area contributed by atoms with E-state index in [2.05, 4.69) is 6.92 Å². The molecule has 0 saturated carbocycles. The Morgan fingerprint density at radius 1 is 0.775 bits per heavy atom. The first-order chi connectivity index (χ1) is 19.3. The van der Waals surface area contributed by atoms with Crippen molar-refractivity contribution >= 4 is 5.97 Å². The standard InChI is InChI=1S/C32H34F4O4/c1-3-5-6-7-23-13-12-22(19-39-23)32(37)40-27-17-15-25(29(34)31(27)36)21-10-8-20(9-11-21)24-14-16-26(38-18-4-2)30(35)28(24)33/h8-11,14-17,22-23H,3-7,12-13,18-19H2,1-2H3. The molecule has 1 heterocycles. The second kappa shape index (κ2) is 13.8. The summed E-state index contributed by atoms with van der Waals surface area (Å²) in [6, 6.07) is 11.2. The molecule has 0 amide bonds. The van der Waals surface area contributed by atoms with Crippen LogP contribution in [0.1, 0.15) is 58.8 Å². The first kappa shape index (κ1) is 29.6. The minimum Gasteiger partial charge on any atom is -0.490 e. The van der Waals surface area contributed by atoms with Gasteiger partial charge in [0.05, 0.1) is 25.2 Å². The molecule has 0 N–H and O–H groups in total. The van der Waals surface area contributed by atoms with Crippen molar-refractivity contribution < 1.29 is 36.6 Å². The fourth-order valence-electron chi connectivity index (χ4n) is 4.77. The highest BCUT2D eigenvalue weighted by molar-refractivity contribution is 5.76. The Morgan fingerprint density at radius 3 is 1.93 bits per heavy atom. The highest BCUT2D eigenvalue weighted by atomic mass is 19.2. The van der Waals surface area contributed by atoms with Gasteiger partial charge in [-0.05, 0) is 61.1 Å². The molecule has 2 atom stereocenters. The first-order valence-corrected chi connectivity index (χ1v) is 13.9. The normalized spacial score (nSPS) is 17.1. The summed E-state index contributed by atoms with van der Waals surface area (Å²) in [5.41, 5.74) is 0.628. The average Bonchev–Trinajstić information content (AvgIpc) is 2.97. The van der Waals surface area contributed by atoms with Crippen LogP contribution in [0, 0.1) is 29.2 Å². The van der Waals surface area contributed by atoms with Gasteiger partial charge in [0.1, 0.15) is 0 Å². The zero-order valence-electron chi connectivity index (χ0n) is 22.8. The Morgan fingerprint density at radius 2 is 1.38 bits per heavy atom. The van der Waals surface area contributed by atoms with E-state index >= 15 is 4.39 Å². The summed E-state index contributed by atoms with van der Waals surface area (Å²) >= 11 is 0. The number of ether oxygens (including phenoxy) is 3. The number of halogens is 4. The van der Waals surface area contributed by atoms with Gasteiger partial charge in [0, 0.05) is 11.1 Å². The van der Waals surface area contributed by atoms with Gasteiger partial charge in [-0.1, -0.05) is 57.4 Å². The molecule has 1 aliphatic heterocycles. The predicted molar refractivity (Wildman–Crippen MR) is 145 cm³/mol. The summed E-state index contributed by atoms with van der Waals surface area (Å²) in [5, 5.41) is 0. The summed E-state index contributed by atoms with van der Waals surface area (Å²) in [4.78, 5) is 12.6. The Kier molecular flexibility index (Phi) is 10.2. The predicted octanol–water partition coefficient (Wildman–Crippen LogP) is 8.65. The van der Waals surface area contributed by atoms with Crippen LogP contribution in [0.4, 0.5) is 17.6 Å². The van der Waals surface area contributed by atoms with E-state index < -0.39 is 40.9 Å². The number of carbonyl (C=O) groups excluding carboxylic acids is 1. The zero-order chi connectivity index (χ0) is 28.6. The molecular weight excluding hydrogens is 524 g/mol. The SMILES string of the molecule is CCCCCC1CCC(C(=O)Oc2ccc(-c3ccc(-c4ccc(OCCC)c(F)c4F)cc3)c(F)c2F)CO1. The van der Waals surface area contributed by atoms with Crippen LogP contribution in [-0.2, 0) is 9.53 Å². The van der Waals surface area contributed by atoms with E-state index in [1.54, 1.807) is 0 Å². The molecular formula is C32H34F4O4. The van der Waals surface area contributed by atoms with E-state index in [1.165, 1.54) is 48.5 Å². The van der Waals surface area contributed by atoms with Gasteiger partial charge in [-0.15, -0.1) is 0 Å². The van der Waals surface area contributed by atoms with Crippen LogP contribution < -0.4 is 9.47 Å². The van der Waals surface area contributed by atoms with Crippen LogP contribution >= 0.6 is 0 Å². The number of unbranched alkanes of at least 4 members (excludes halogenated alkanes) is 2. The number of carbonyl (C=O) groups is 1. The zero-order valence-corrected chi connectivity index (χ0v) is 22.8. The maximum Gasteiger partial charge on any atom is 0.316 e. The first-order valence-electron chi connectivity index (χ1n) is 13.9. The lowest BCUT2D eigenvalue weighted by molar-refractivity contribution is -0.145. The van der Waals surface area contributed by atoms with Gasteiger partial charge in [0.15, 0.2) is 23.1 Å². The van der Waals surface area contributed by atoms with Crippen molar-refractivity contribution in [3.63, 3.8) is 0 Å². The van der Waals surface area contributed by atoms with E-state index in [4.69, 9.17) is 14.2 Å². The van der Waals surface area contributed by atoms with Crippen LogP contribution in [-0.4, -0.2) is 25.3 Å². The molecule has 1 aliphatic rings. The second-order valence-electron chi connectivity index (χ2n) is 10.1. The number of hydrogen-bond acceptors (Lipinski definition) is 4. The smallest absolute Gasteiger partial charge is 0.316 e. The number of hydrogen-bond donors (Lipinski definition) is 0. The fourth-order valence-corrected chi connectivity index (χ4v) is 4.77. The molecule has 0 bridgehead atoms. The highest BCUT2D eigenvalue weighted by Gasteiger charge is 2.29. The monoisotopic (exact) mass is 558 g/mol. The Hall–Kier alpha value is -3.39. The number of esters is 1. The maximum absolute atomic E-state index is 15.0. The number of rotatable bonds is 11. The second-order valence-corrected chi connectivity index (χ2v) is 10.1. The molecule has 8 heteroatoms. The quantitative estimate of drug-likeness (QED) is 0.102. The topological polar surface area (TPSA) is 44.8 Å². The third-order valence-corrected chi connectivity index (χ3v) is 7.11. The van der Waals surface area contributed by atoms with Crippen molar-refractivity contribution in [3.8, 4) is 33.8 Å². The molecule has 0 spiro atoms. The van der Waals surface area contributed by atoms with Crippen molar-refractivity contribution in [3.05, 3.63) is 71.8 Å². The highest BCUT2D eigenvalue weighted by Crippen LogP contribution is 2.34. The minimum atomic E-state index is -1.28. The summed E-state index contributed by atoms with van der Waals surface area (Å²) in [6.45, 7) is 4.45. The molecule has 0 aliphatic carbocycles. The summed E-state index contributed by atoms with van der Waals surface area (Å²) in [7, 11) is 0. The summed E-state index contributed by atoms with van der Waals surface area (Å²) < 4.78 is 75.2. The molecule has 3 aromatic rings. The molecule has 3 aromatic carbocycles. The van der Waals surface area contributed by atoms with E-state index in [1.807, 2.05) is 6.92 Å². The van der Waals surface area contributed by atoms with E-state index in [0.717, 1.165) is 32.1 Å². The van der Waals surface area contributed by atoms with E-state index in [-0.39, 0.29) is 36.2 Å². The molecule has 2 unspecified atom stereocenters. The van der Waals surface area contributed by atoms with E-state index in [9.17, 15) is 18.0 Å². The van der Waals surface area contributed by atoms with Crippen molar-refractivity contribution in [2.45, 2.75) is 64.9 Å². The van der Waals surface area contributed by atoms with Crippen LogP contribution in [0.3, 0.4) is 0 Å². The third kappa shape index (κ3) is 6.84. The van der Waals surface area contributed by atoms with Crippen molar-refractivity contribution in [1.29, 1.82) is 0 Å². The third-order valence-electron chi connectivity index (χ3n) is 7.11. The van der Waals surface area contributed by atoms with Crippen LogP contribution in [0.2, 0.25) is 0 Å². The Balaban J connectivity index is 1.42. The minimum absolute atomic E-state index is 0.0146. The van der Waals surface area contributed by atoms with Crippen molar-refractivity contribution in [1.82, 2.24) is 0 Å². The van der Waals surface area contributed by atoms with Crippen molar-refractivity contribution in [2.24, 2.45) is 5.92 Å². The van der Waals surface area contributed by atoms with Gasteiger partial charge in [-0.2, -0.15) is 8.78 Å². The lowest BCUT2D eigenvalue weighted by atomic mass is 9.96. The molecule has 4 rings (SSSR count). The molecule has 214 valence electrons. The number of benzene rings is 3. The van der Waals surface area contributed by atoms with Crippen molar-refractivity contribution in [2.75, 3.05) is 13.2 Å². The Labute approximate surface area is 232 Å². The van der Waals surface area contributed by atoms with E-state index in [0.29, 0.717) is 24.0 Å². The summed E-state index contributed by atoms with van der Waals surface area (Å²) in [6.07, 6.45) is 6.35. The van der Waals surface area contributed by atoms with Gasteiger partial charge in [-0.25, -0.2) is 8.78 Å². The molecule has 0 aromatic heterocycles.